The molecule has 0 aromatic heterocycles. The summed E-state index contributed by atoms with van der Waals surface area (Å²) >= 11 is 0. The van der Waals surface area contributed by atoms with E-state index in [2.05, 4.69) is 5.10 Å². The van der Waals surface area contributed by atoms with Crippen molar-refractivity contribution in [3.05, 3.63) is 71.8 Å². The van der Waals surface area contributed by atoms with Crippen molar-refractivity contribution in [3.8, 4) is 0 Å². The summed E-state index contributed by atoms with van der Waals surface area (Å²) in [6, 6.07) is 17.0. The maximum Gasteiger partial charge on any atom is 0.440 e. The van der Waals surface area contributed by atoms with Gasteiger partial charge in [-0.15, -0.1) is 0 Å². The quantitative estimate of drug-likeness (QED) is 0.402. The Kier molecular flexibility index (Phi) is 7.65. The molecule has 0 aliphatic rings. The zero-order valence-electron chi connectivity index (χ0n) is 16.9. The molecule has 0 bridgehead atoms. The van der Waals surface area contributed by atoms with E-state index in [1.807, 2.05) is 0 Å². The zero-order valence-corrected chi connectivity index (χ0v) is 16.9. The van der Waals surface area contributed by atoms with E-state index in [-0.39, 0.29) is 5.71 Å². The molecule has 2 amide bonds. The van der Waals surface area contributed by atoms with Gasteiger partial charge in [0, 0.05) is 11.1 Å². The maximum absolute atomic E-state index is 13.1. The molecule has 0 N–H and O–H groups in total. The third-order valence-electron chi connectivity index (χ3n) is 3.52. The fourth-order valence-electron chi connectivity index (χ4n) is 2.32. The van der Waals surface area contributed by atoms with Crippen molar-refractivity contribution in [2.45, 2.75) is 39.9 Å². The first kappa shape index (κ1) is 21.8. The van der Waals surface area contributed by atoms with Gasteiger partial charge in [0.15, 0.2) is 0 Å². The summed E-state index contributed by atoms with van der Waals surface area (Å²) in [5, 5.41) is 4.53. The van der Waals surface area contributed by atoms with Gasteiger partial charge >= 0.3 is 12.2 Å². The number of amides is 2. The van der Waals surface area contributed by atoms with Gasteiger partial charge in [-0.25, -0.2) is 9.59 Å². The average molecular weight is 396 g/mol. The van der Waals surface area contributed by atoms with Crippen molar-refractivity contribution in [2.75, 3.05) is 0 Å². The number of nitrogens with zero attached hydrogens (tertiary/aromatic N) is 2. The van der Waals surface area contributed by atoms with E-state index >= 15 is 0 Å². The number of ether oxygens (including phenoxy) is 2. The molecule has 152 valence electrons. The van der Waals surface area contributed by atoms with Gasteiger partial charge in [-0.05, 0) is 27.7 Å². The van der Waals surface area contributed by atoms with Gasteiger partial charge in [0.05, 0.1) is 12.2 Å². The lowest BCUT2D eigenvalue weighted by atomic mass is 10.0. The smallest absolute Gasteiger partial charge is 0.440 e. The van der Waals surface area contributed by atoms with E-state index in [1.54, 1.807) is 88.4 Å². The molecule has 0 spiro atoms. The molecule has 0 heterocycles. The number of hydrazone groups is 1. The van der Waals surface area contributed by atoms with E-state index in [0.29, 0.717) is 16.1 Å². The van der Waals surface area contributed by atoms with Crippen LogP contribution in [0.3, 0.4) is 0 Å². The Morgan fingerprint density at radius 1 is 0.724 bits per heavy atom. The van der Waals surface area contributed by atoms with Gasteiger partial charge in [-0.1, -0.05) is 65.7 Å². The number of hydrogen-bond donors (Lipinski definition) is 0. The van der Waals surface area contributed by atoms with E-state index in [4.69, 9.17) is 9.47 Å². The molecule has 7 nitrogen and oxygen atoms in total. The molecule has 0 saturated carbocycles. The van der Waals surface area contributed by atoms with E-state index in [0.717, 1.165) is 0 Å². The fraction of sp³-hybridized carbons (Fsp3) is 0.273. The van der Waals surface area contributed by atoms with Crippen LogP contribution in [0.1, 0.15) is 43.6 Å². The summed E-state index contributed by atoms with van der Waals surface area (Å²) in [4.78, 5) is 38.1. The van der Waals surface area contributed by atoms with Crippen LogP contribution < -0.4 is 0 Å². The summed E-state index contributed by atoms with van der Waals surface area (Å²) in [7, 11) is 0. The Morgan fingerprint density at radius 2 is 1.14 bits per heavy atom. The third-order valence-corrected chi connectivity index (χ3v) is 3.52. The molecule has 0 aliphatic carbocycles. The van der Waals surface area contributed by atoms with E-state index in [1.165, 1.54) is 0 Å². The minimum absolute atomic E-state index is 0.0850. The van der Waals surface area contributed by atoms with Crippen LogP contribution in [0.25, 0.3) is 0 Å². The molecule has 2 rings (SSSR count). The van der Waals surface area contributed by atoms with Crippen LogP contribution in [0.5, 0.6) is 0 Å². The minimum Gasteiger partial charge on any atom is -0.445 e. The van der Waals surface area contributed by atoms with Crippen LogP contribution in [0, 0.1) is 0 Å². The molecule has 0 fully saturated rings. The van der Waals surface area contributed by atoms with Crippen LogP contribution >= 0.6 is 0 Å². The van der Waals surface area contributed by atoms with E-state index < -0.39 is 30.2 Å². The molecular weight excluding hydrogens is 372 g/mol. The molecule has 0 unspecified atom stereocenters. The second kappa shape index (κ2) is 10.2. The van der Waals surface area contributed by atoms with Crippen LogP contribution in [0.2, 0.25) is 0 Å². The second-order valence-corrected chi connectivity index (χ2v) is 6.69. The van der Waals surface area contributed by atoms with Crippen molar-refractivity contribution in [1.29, 1.82) is 0 Å². The first-order valence-corrected chi connectivity index (χ1v) is 9.24. The highest BCUT2D eigenvalue weighted by Crippen LogP contribution is 2.13. The Morgan fingerprint density at radius 3 is 1.55 bits per heavy atom. The lowest BCUT2D eigenvalue weighted by Crippen LogP contribution is -2.37. The minimum atomic E-state index is -1.03. The molecule has 2 aromatic rings. The summed E-state index contributed by atoms with van der Waals surface area (Å²) in [5.41, 5.74) is 0.726. The first-order valence-electron chi connectivity index (χ1n) is 9.24. The van der Waals surface area contributed by atoms with Crippen molar-refractivity contribution >= 4 is 23.7 Å². The summed E-state index contributed by atoms with van der Waals surface area (Å²) < 4.78 is 10.2. The molecule has 0 saturated heterocycles. The van der Waals surface area contributed by atoms with Crippen LogP contribution in [0.4, 0.5) is 9.59 Å². The Labute approximate surface area is 169 Å². The fourth-order valence-corrected chi connectivity index (χ4v) is 2.32. The molecule has 7 heteroatoms. The first-order chi connectivity index (χ1) is 13.8. The standard InChI is InChI=1S/C22H24N2O5/c1-15(2)28-21(26)24(22(27)29-16(3)4)23-19(17-11-7-5-8-12-17)20(25)18-13-9-6-10-14-18/h5-16H,1-4H3/b23-19-. The predicted molar refractivity (Wildman–Crippen MR) is 109 cm³/mol. The highest BCUT2D eigenvalue weighted by molar-refractivity contribution is 6.51. The predicted octanol–water partition coefficient (Wildman–Crippen LogP) is 4.67. The van der Waals surface area contributed by atoms with Crippen LogP contribution in [-0.4, -0.2) is 40.9 Å². The van der Waals surface area contributed by atoms with Crippen molar-refractivity contribution in [2.24, 2.45) is 5.10 Å². The molecule has 0 aliphatic heterocycles. The van der Waals surface area contributed by atoms with Gasteiger partial charge in [-0.3, -0.25) is 4.79 Å². The lowest BCUT2D eigenvalue weighted by Gasteiger charge is -2.19. The third kappa shape index (κ3) is 6.27. The largest absolute Gasteiger partial charge is 0.445 e. The number of ketones is 1. The number of carbonyl (C=O) groups excluding carboxylic acids is 3. The van der Waals surface area contributed by atoms with Gasteiger partial charge < -0.3 is 9.47 Å². The van der Waals surface area contributed by atoms with E-state index in [9.17, 15) is 14.4 Å². The highest BCUT2D eigenvalue weighted by atomic mass is 16.6. The Hall–Kier alpha value is -3.48. The number of benzene rings is 2. The topological polar surface area (TPSA) is 85.3 Å². The summed E-state index contributed by atoms with van der Waals surface area (Å²) in [5.74, 6) is -0.448. The Balaban J connectivity index is 2.55. The average Bonchev–Trinajstić information content (AvgIpc) is 2.68. The van der Waals surface area contributed by atoms with Crippen molar-refractivity contribution in [3.63, 3.8) is 0 Å². The second-order valence-electron chi connectivity index (χ2n) is 6.69. The van der Waals surface area contributed by atoms with Crippen molar-refractivity contribution < 1.29 is 23.9 Å². The Bertz CT molecular complexity index is 855. The number of carbonyl (C=O) groups is 3. The zero-order chi connectivity index (χ0) is 21.4. The summed E-state index contributed by atoms with van der Waals surface area (Å²) in [6.45, 7) is 6.56. The van der Waals surface area contributed by atoms with Crippen LogP contribution in [0.15, 0.2) is 65.8 Å². The highest BCUT2D eigenvalue weighted by Gasteiger charge is 2.29. The van der Waals surface area contributed by atoms with Gasteiger partial charge in [0.25, 0.3) is 0 Å². The number of Topliss-reactive ketones (excluding diaryl/α,β-unsaturated/α-hetero) is 1. The van der Waals surface area contributed by atoms with Gasteiger partial charge in [-0.2, -0.15) is 5.10 Å². The number of hydrogen-bond acceptors (Lipinski definition) is 6. The normalized spacial score (nSPS) is 11.3. The van der Waals surface area contributed by atoms with Gasteiger partial charge in [0.2, 0.25) is 5.78 Å². The monoisotopic (exact) mass is 396 g/mol. The molecule has 2 aromatic carbocycles. The molecular formula is C22H24N2O5. The SMILES string of the molecule is CC(C)OC(=O)N(/N=C(\C(=O)c1ccccc1)c1ccccc1)C(=O)OC(C)C. The van der Waals surface area contributed by atoms with Gasteiger partial charge in [0.1, 0.15) is 5.71 Å². The van der Waals surface area contributed by atoms with Crippen LogP contribution in [-0.2, 0) is 9.47 Å². The maximum atomic E-state index is 13.1. The lowest BCUT2D eigenvalue weighted by molar-refractivity contribution is 0.0517. The van der Waals surface area contributed by atoms with Crippen molar-refractivity contribution in [1.82, 2.24) is 5.01 Å². The molecule has 0 radical (unpaired) electrons. The number of imide groups is 1. The molecule has 29 heavy (non-hydrogen) atoms. The molecule has 0 atom stereocenters. The summed E-state index contributed by atoms with van der Waals surface area (Å²) in [6.07, 6.45) is -3.03. The number of rotatable bonds is 6.